The third kappa shape index (κ3) is 2.21. The van der Waals surface area contributed by atoms with Gasteiger partial charge in [-0.15, -0.1) is 0 Å². The van der Waals surface area contributed by atoms with Crippen LogP contribution in [-0.2, 0) is 0 Å². The van der Waals surface area contributed by atoms with Crippen LogP contribution in [0, 0.1) is 10.1 Å². The molecule has 0 aliphatic carbocycles. The average molecular weight is 215 g/mol. The number of benzene rings is 1. The van der Waals surface area contributed by atoms with Crippen molar-refractivity contribution in [1.82, 2.24) is 0 Å². The molecule has 2 N–H and O–H groups in total. The molecule has 0 bridgehead atoms. The first-order chi connectivity index (χ1) is 6.56. The highest BCUT2D eigenvalue weighted by Crippen LogP contribution is 2.27. The molecule has 1 aromatic carbocycles. The second kappa shape index (κ2) is 4.39. The van der Waals surface area contributed by atoms with E-state index in [0.29, 0.717) is 6.54 Å². The van der Waals surface area contributed by atoms with E-state index in [-0.39, 0.29) is 16.6 Å². The monoisotopic (exact) mass is 214 g/mol. The summed E-state index contributed by atoms with van der Waals surface area (Å²) in [5.74, 6) is 0.160. The number of hydrogen-bond acceptors (Lipinski definition) is 3. The molecule has 76 valence electrons. The molecular formula is C9H11ClN2O2. The minimum absolute atomic E-state index is 0.0698. The van der Waals surface area contributed by atoms with Crippen molar-refractivity contribution < 1.29 is 4.92 Å². The molecule has 0 aromatic heterocycles. The Balaban J connectivity index is 3.06. The Kier molecular flexibility index (Phi) is 3.43. The van der Waals surface area contributed by atoms with Crippen molar-refractivity contribution >= 4 is 17.3 Å². The highest BCUT2D eigenvalue weighted by molar-refractivity contribution is 6.32. The van der Waals surface area contributed by atoms with Crippen LogP contribution >= 0.6 is 11.6 Å². The summed E-state index contributed by atoms with van der Waals surface area (Å²) in [6.45, 7) is 2.44. The summed E-state index contributed by atoms with van der Waals surface area (Å²) in [7, 11) is 0. The van der Waals surface area contributed by atoms with Crippen LogP contribution < -0.4 is 5.73 Å². The highest BCUT2D eigenvalue weighted by atomic mass is 35.5. The molecule has 0 aliphatic heterocycles. The summed E-state index contributed by atoms with van der Waals surface area (Å²) in [4.78, 5) is 9.97. The molecule has 1 aromatic rings. The Bertz CT molecular complexity index is 355. The van der Waals surface area contributed by atoms with Gasteiger partial charge in [0.25, 0.3) is 5.69 Å². The van der Waals surface area contributed by atoms with Gasteiger partial charge < -0.3 is 5.73 Å². The first kappa shape index (κ1) is 10.9. The Labute approximate surface area is 86.8 Å². The topological polar surface area (TPSA) is 69.2 Å². The van der Waals surface area contributed by atoms with Gasteiger partial charge in [-0.2, -0.15) is 0 Å². The number of nitrogens with two attached hydrogens (primary N) is 1. The lowest BCUT2D eigenvalue weighted by Crippen LogP contribution is -2.08. The van der Waals surface area contributed by atoms with Crippen LogP contribution in [0.25, 0.3) is 0 Å². The van der Waals surface area contributed by atoms with Gasteiger partial charge >= 0.3 is 0 Å². The zero-order valence-corrected chi connectivity index (χ0v) is 8.49. The maximum Gasteiger partial charge on any atom is 0.287 e. The lowest BCUT2D eigenvalue weighted by Gasteiger charge is -2.08. The van der Waals surface area contributed by atoms with Gasteiger partial charge in [-0.1, -0.05) is 24.6 Å². The van der Waals surface area contributed by atoms with Gasteiger partial charge in [0.1, 0.15) is 5.02 Å². The Morgan fingerprint density at radius 2 is 2.29 bits per heavy atom. The van der Waals surface area contributed by atoms with Crippen LogP contribution in [0.2, 0.25) is 5.02 Å². The van der Waals surface area contributed by atoms with Gasteiger partial charge in [0.15, 0.2) is 0 Å². The number of nitro benzene ring substituents is 1. The Morgan fingerprint density at radius 1 is 1.64 bits per heavy atom. The van der Waals surface area contributed by atoms with E-state index in [0.717, 1.165) is 5.56 Å². The van der Waals surface area contributed by atoms with E-state index in [1.54, 1.807) is 12.1 Å². The largest absolute Gasteiger partial charge is 0.330 e. The van der Waals surface area contributed by atoms with Crippen LogP contribution in [0.15, 0.2) is 18.2 Å². The van der Waals surface area contributed by atoms with Crippen molar-refractivity contribution in [1.29, 1.82) is 0 Å². The molecule has 14 heavy (non-hydrogen) atoms. The minimum Gasteiger partial charge on any atom is -0.330 e. The van der Waals surface area contributed by atoms with Gasteiger partial charge in [-0.3, -0.25) is 10.1 Å². The lowest BCUT2D eigenvalue weighted by atomic mass is 10.0. The maximum atomic E-state index is 10.5. The van der Waals surface area contributed by atoms with E-state index in [1.165, 1.54) is 6.07 Å². The number of nitrogens with zero attached hydrogens (tertiary/aromatic N) is 1. The molecule has 0 radical (unpaired) electrons. The summed E-state index contributed by atoms with van der Waals surface area (Å²) in [6, 6.07) is 4.68. The fourth-order valence-electron chi connectivity index (χ4n) is 1.11. The molecule has 1 rings (SSSR count). The molecule has 5 heteroatoms. The van der Waals surface area contributed by atoms with Gasteiger partial charge in [0.05, 0.1) is 4.92 Å². The molecule has 0 fully saturated rings. The summed E-state index contributed by atoms with van der Waals surface area (Å²) >= 11 is 5.74. The van der Waals surface area contributed by atoms with Crippen molar-refractivity contribution in [2.45, 2.75) is 12.8 Å². The van der Waals surface area contributed by atoms with E-state index in [4.69, 9.17) is 17.3 Å². The Morgan fingerprint density at radius 3 is 2.71 bits per heavy atom. The molecule has 0 saturated carbocycles. The summed E-state index contributed by atoms with van der Waals surface area (Å²) in [5.41, 5.74) is 6.32. The van der Waals surface area contributed by atoms with Crippen LogP contribution in [-0.4, -0.2) is 11.5 Å². The first-order valence-electron chi connectivity index (χ1n) is 4.20. The molecule has 1 unspecified atom stereocenters. The fraction of sp³-hybridized carbons (Fsp3) is 0.333. The SMILES string of the molecule is CC(CN)c1ccc([N+](=O)[O-])c(Cl)c1. The fourth-order valence-corrected chi connectivity index (χ4v) is 1.37. The van der Waals surface area contributed by atoms with Crippen molar-refractivity contribution in [3.63, 3.8) is 0 Å². The van der Waals surface area contributed by atoms with Crippen molar-refractivity contribution in [2.24, 2.45) is 5.73 Å². The summed E-state index contributed by atoms with van der Waals surface area (Å²) in [5, 5.41) is 10.6. The summed E-state index contributed by atoms with van der Waals surface area (Å²) < 4.78 is 0. The molecular weight excluding hydrogens is 204 g/mol. The van der Waals surface area contributed by atoms with E-state index < -0.39 is 4.92 Å². The lowest BCUT2D eigenvalue weighted by molar-refractivity contribution is -0.384. The van der Waals surface area contributed by atoms with E-state index in [2.05, 4.69) is 0 Å². The van der Waals surface area contributed by atoms with E-state index in [9.17, 15) is 10.1 Å². The number of halogens is 1. The average Bonchev–Trinajstić information content (AvgIpc) is 2.15. The molecule has 1 atom stereocenters. The van der Waals surface area contributed by atoms with Gasteiger partial charge in [-0.05, 0) is 24.1 Å². The molecule has 0 saturated heterocycles. The van der Waals surface area contributed by atoms with E-state index >= 15 is 0 Å². The third-order valence-electron chi connectivity index (χ3n) is 2.09. The predicted molar refractivity (Wildman–Crippen MR) is 55.6 cm³/mol. The number of hydrogen-bond donors (Lipinski definition) is 1. The van der Waals surface area contributed by atoms with Gasteiger partial charge in [0, 0.05) is 6.07 Å². The van der Waals surface area contributed by atoms with Crippen molar-refractivity contribution in [3.05, 3.63) is 38.9 Å². The molecule has 4 nitrogen and oxygen atoms in total. The smallest absolute Gasteiger partial charge is 0.287 e. The van der Waals surface area contributed by atoms with Crippen molar-refractivity contribution in [3.8, 4) is 0 Å². The second-order valence-electron chi connectivity index (χ2n) is 3.10. The van der Waals surface area contributed by atoms with Gasteiger partial charge in [0.2, 0.25) is 0 Å². The maximum absolute atomic E-state index is 10.5. The molecule has 0 aliphatic rings. The van der Waals surface area contributed by atoms with Crippen LogP contribution in [0.3, 0.4) is 0 Å². The first-order valence-corrected chi connectivity index (χ1v) is 4.58. The number of rotatable bonds is 3. The summed E-state index contributed by atoms with van der Waals surface area (Å²) in [6.07, 6.45) is 0. The minimum atomic E-state index is -0.501. The number of nitro groups is 1. The Hall–Kier alpha value is -1.13. The quantitative estimate of drug-likeness (QED) is 0.620. The standard InChI is InChI=1S/C9H11ClN2O2/c1-6(5-11)7-2-3-9(12(13)14)8(10)4-7/h2-4,6H,5,11H2,1H3. The van der Waals surface area contributed by atoms with Crippen LogP contribution in [0.1, 0.15) is 18.4 Å². The van der Waals surface area contributed by atoms with Gasteiger partial charge in [-0.25, -0.2) is 0 Å². The normalized spacial score (nSPS) is 12.5. The zero-order valence-electron chi connectivity index (χ0n) is 7.74. The molecule has 0 spiro atoms. The van der Waals surface area contributed by atoms with Crippen LogP contribution in [0.4, 0.5) is 5.69 Å². The molecule has 0 heterocycles. The highest BCUT2D eigenvalue weighted by Gasteiger charge is 2.13. The third-order valence-corrected chi connectivity index (χ3v) is 2.39. The van der Waals surface area contributed by atoms with Crippen molar-refractivity contribution in [2.75, 3.05) is 6.54 Å². The molecule has 0 amide bonds. The van der Waals surface area contributed by atoms with Crippen LogP contribution in [0.5, 0.6) is 0 Å². The second-order valence-corrected chi connectivity index (χ2v) is 3.51. The predicted octanol–water partition coefficient (Wildman–Crippen LogP) is 2.31. The zero-order chi connectivity index (χ0) is 10.7. The van der Waals surface area contributed by atoms with E-state index in [1.807, 2.05) is 6.92 Å².